The van der Waals surface area contributed by atoms with Crippen molar-refractivity contribution in [2.24, 2.45) is 11.3 Å². The molecule has 0 spiro atoms. The van der Waals surface area contributed by atoms with Crippen molar-refractivity contribution in [3.8, 4) is 0 Å². The number of aromatic nitrogens is 3. The molecule has 0 saturated carbocycles. The number of rotatable bonds is 7. The van der Waals surface area contributed by atoms with Crippen LogP contribution in [-0.4, -0.2) is 33.1 Å². The van der Waals surface area contributed by atoms with Gasteiger partial charge in [0.25, 0.3) is 0 Å². The van der Waals surface area contributed by atoms with Crippen LogP contribution in [0.15, 0.2) is 6.33 Å². The number of aliphatic hydroxyl groups excluding tert-OH is 1. The maximum atomic E-state index is 9.11. The van der Waals surface area contributed by atoms with E-state index in [1.165, 1.54) is 0 Å². The van der Waals surface area contributed by atoms with Gasteiger partial charge in [0.2, 0.25) is 0 Å². The Morgan fingerprint density at radius 1 is 1.47 bits per heavy atom. The number of hydrogen-bond donors (Lipinski definition) is 1. The van der Waals surface area contributed by atoms with Gasteiger partial charge in [0.05, 0.1) is 13.2 Å². The minimum absolute atomic E-state index is 0.117. The highest BCUT2D eigenvalue weighted by atomic mass is 16.5. The Kier molecular flexibility index (Phi) is 5.08. The highest BCUT2D eigenvalue weighted by Crippen LogP contribution is 2.14. The first kappa shape index (κ1) is 14.1. The molecule has 0 amide bonds. The lowest BCUT2D eigenvalue weighted by molar-refractivity contribution is 0.0158. The lowest BCUT2D eigenvalue weighted by atomic mass is 9.97. The van der Waals surface area contributed by atoms with Gasteiger partial charge in [-0.05, 0) is 5.92 Å². The zero-order chi connectivity index (χ0) is 12.9. The molecule has 0 fully saturated rings. The molecular formula is C12H23N3O2. The normalized spacial score (nSPS) is 12.4. The Hall–Kier alpha value is -0.940. The predicted molar refractivity (Wildman–Crippen MR) is 65.4 cm³/mol. The van der Waals surface area contributed by atoms with Crippen LogP contribution >= 0.6 is 0 Å². The molecule has 1 aromatic rings. The van der Waals surface area contributed by atoms with Gasteiger partial charge in [0.15, 0.2) is 5.82 Å². The maximum Gasteiger partial charge on any atom is 0.152 e. The number of nitrogens with zero attached hydrogens (tertiary/aromatic N) is 3. The molecule has 98 valence electrons. The van der Waals surface area contributed by atoms with E-state index in [-0.39, 0.29) is 12.0 Å². The first-order chi connectivity index (χ1) is 7.94. The average Bonchev–Trinajstić information content (AvgIpc) is 2.65. The first-order valence-electron chi connectivity index (χ1n) is 6.00. The summed E-state index contributed by atoms with van der Waals surface area (Å²) in [6.45, 7) is 10.1. The summed E-state index contributed by atoms with van der Waals surface area (Å²) in [6.07, 6.45) is 1.55. The molecule has 1 aromatic heterocycles. The molecule has 0 atom stereocenters. The van der Waals surface area contributed by atoms with Gasteiger partial charge in [0.1, 0.15) is 12.9 Å². The van der Waals surface area contributed by atoms with E-state index in [1.54, 1.807) is 6.33 Å². The van der Waals surface area contributed by atoms with Gasteiger partial charge < -0.3 is 9.84 Å². The van der Waals surface area contributed by atoms with Crippen LogP contribution in [0.25, 0.3) is 0 Å². The van der Waals surface area contributed by atoms with E-state index in [1.807, 2.05) is 18.5 Å². The van der Waals surface area contributed by atoms with Gasteiger partial charge >= 0.3 is 0 Å². The summed E-state index contributed by atoms with van der Waals surface area (Å²) < 4.78 is 7.44. The van der Waals surface area contributed by atoms with E-state index in [4.69, 9.17) is 9.84 Å². The Morgan fingerprint density at radius 2 is 2.18 bits per heavy atom. The molecule has 0 aromatic carbocycles. The third-order valence-electron chi connectivity index (χ3n) is 2.39. The standard InChI is InChI=1S/C12H23N3O2/c1-10(2)5-15-11(13-9-14-15)6-17-8-12(3,4)7-16/h9-10,16H,5-8H2,1-4H3. The average molecular weight is 241 g/mol. The van der Waals surface area contributed by atoms with Gasteiger partial charge in [-0.15, -0.1) is 0 Å². The van der Waals surface area contributed by atoms with Crippen molar-refractivity contribution in [1.29, 1.82) is 0 Å². The summed E-state index contributed by atoms with van der Waals surface area (Å²) in [5.41, 5.74) is -0.205. The lowest BCUT2D eigenvalue weighted by Crippen LogP contribution is -2.24. The Balaban J connectivity index is 2.44. The van der Waals surface area contributed by atoms with Crippen LogP contribution in [0.1, 0.15) is 33.5 Å². The van der Waals surface area contributed by atoms with E-state index in [0.717, 1.165) is 12.4 Å². The zero-order valence-corrected chi connectivity index (χ0v) is 11.2. The largest absolute Gasteiger partial charge is 0.396 e. The number of ether oxygens (including phenoxy) is 1. The van der Waals surface area contributed by atoms with Gasteiger partial charge in [-0.2, -0.15) is 5.10 Å². The third-order valence-corrected chi connectivity index (χ3v) is 2.39. The van der Waals surface area contributed by atoms with Crippen molar-refractivity contribution in [2.75, 3.05) is 13.2 Å². The van der Waals surface area contributed by atoms with E-state index in [2.05, 4.69) is 23.9 Å². The van der Waals surface area contributed by atoms with E-state index in [0.29, 0.717) is 19.1 Å². The number of hydrogen-bond acceptors (Lipinski definition) is 4. The molecule has 0 radical (unpaired) electrons. The molecule has 0 aliphatic carbocycles. The van der Waals surface area contributed by atoms with Crippen LogP contribution in [0.2, 0.25) is 0 Å². The third kappa shape index (κ3) is 4.83. The molecule has 17 heavy (non-hydrogen) atoms. The highest BCUT2D eigenvalue weighted by molar-refractivity contribution is 4.82. The molecule has 0 aliphatic heterocycles. The summed E-state index contributed by atoms with van der Waals surface area (Å²) in [5.74, 6) is 1.37. The van der Waals surface area contributed by atoms with Crippen molar-refractivity contribution in [3.63, 3.8) is 0 Å². The van der Waals surface area contributed by atoms with Crippen LogP contribution in [0.3, 0.4) is 0 Å². The van der Waals surface area contributed by atoms with E-state index >= 15 is 0 Å². The summed E-state index contributed by atoms with van der Waals surface area (Å²) >= 11 is 0. The van der Waals surface area contributed by atoms with E-state index in [9.17, 15) is 0 Å². The minimum Gasteiger partial charge on any atom is -0.396 e. The summed E-state index contributed by atoms with van der Waals surface area (Å²) in [6, 6.07) is 0. The maximum absolute atomic E-state index is 9.11. The van der Waals surface area contributed by atoms with Crippen LogP contribution in [-0.2, 0) is 17.9 Å². The van der Waals surface area contributed by atoms with Crippen molar-refractivity contribution in [3.05, 3.63) is 12.2 Å². The van der Waals surface area contributed by atoms with Crippen LogP contribution < -0.4 is 0 Å². The van der Waals surface area contributed by atoms with Gasteiger partial charge in [-0.3, -0.25) is 0 Å². The molecule has 0 unspecified atom stereocenters. The monoisotopic (exact) mass is 241 g/mol. The predicted octanol–water partition coefficient (Wildman–Crippen LogP) is 1.47. The highest BCUT2D eigenvalue weighted by Gasteiger charge is 2.17. The Morgan fingerprint density at radius 3 is 2.76 bits per heavy atom. The van der Waals surface area contributed by atoms with Crippen molar-refractivity contribution in [1.82, 2.24) is 14.8 Å². The van der Waals surface area contributed by atoms with Crippen molar-refractivity contribution in [2.45, 2.75) is 40.8 Å². The molecule has 1 rings (SSSR count). The quantitative estimate of drug-likeness (QED) is 0.785. The molecule has 1 heterocycles. The summed E-state index contributed by atoms with van der Waals surface area (Å²) in [5, 5.41) is 13.3. The fraction of sp³-hybridized carbons (Fsp3) is 0.833. The second kappa shape index (κ2) is 6.12. The summed E-state index contributed by atoms with van der Waals surface area (Å²) in [7, 11) is 0. The zero-order valence-electron chi connectivity index (χ0n) is 11.2. The molecular weight excluding hydrogens is 218 g/mol. The van der Waals surface area contributed by atoms with Crippen LogP contribution in [0.4, 0.5) is 0 Å². The molecule has 0 saturated heterocycles. The topological polar surface area (TPSA) is 60.2 Å². The number of aliphatic hydroxyl groups is 1. The van der Waals surface area contributed by atoms with Crippen LogP contribution in [0.5, 0.6) is 0 Å². The fourth-order valence-corrected chi connectivity index (χ4v) is 1.36. The molecule has 0 aliphatic rings. The smallest absolute Gasteiger partial charge is 0.152 e. The second-order valence-corrected chi connectivity index (χ2v) is 5.57. The van der Waals surface area contributed by atoms with Gasteiger partial charge in [0, 0.05) is 12.0 Å². The van der Waals surface area contributed by atoms with Crippen LogP contribution in [0, 0.1) is 11.3 Å². The minimum atomic E-state index is -0.205. The van der Waals surface area contributed by atoms with Gasteiger partial charge in [-0.25, -0.2) is 9.67 Å². The first-order valence-corrected chi connectivity index (χ1v) is 6.00. The SMILES string of the molecule is CC(C)Cn1ncnc1COCC(C)(C)CO. The summed E-state index contributed by atoms with van der Waals surface area (Å²) in [4.78, 5) is 4.18. The fourth-order valence-electron chi connectivity index (χ4n) is 1.36. The Labute approximate surface area is 103 Å². The molecule has 5 heteroatoms. The van der Waals surface area contributed by atoms with E-state index < -0.39 is 0 Å². The Bertz CT molecular complexity index is 334. The van der Waals surface area contributed by atoms with Crippen molar-refractivity contribution >= 4 is 0 Å². The second-order valence-electron chi connectivity index (χ2n) is 5.57. The lowest BCUT2D eigenvalue weighted by Gasteiger charge is -2.21. The molecule has 5 nitrogen and oxygen atoms in total. The van der Waals surface area contributed by atoms with Crippen molar-refractivity contribution < 1.29 is 9.84 Å². The molecule has 0 bridgehead atoms. The van der Waals surface area contributed by atoms with Gasteiger partial charge in [-0.1, -0.05) is 27.7 Å². The molecule has 1 N–H and O–H groups in total.